The van der Waals surface area contributed by atoms with Crippen molar-refractivity contribution in [3.8, 4) is 5.75 Å². The molecule has 1 aliphatic heterocycles. The van der Waals surface area contributed by atoms with Crippen molar-refractivity contribution in [3.63, 3.8) is 0 Å². The van der Waals surface area contributed by atoms with Gasteiger partial charge in [-0.15, -0.1) is 0 Å². The molecule has 0 bridgehead atoms. The molecule has 0 saturated carbocycles. The predicted octanol–water partition coefficient (Wildman–Crippen LogP) is 1.57. The molecular formula is C11H15NO3S2. The van der Waals surface area contributed by atoms with Crippen LogP contribution >= 0.6 is 11.8 Å². The number of hydrogen-bond donors (Lipinski definition) is 2. The quantitative estimate of drug-likeness (QED) is 0.874. The molecule has 1 aliphatic rings. The highest BCUT2D eigenvalue weighted by Gasteiger charge is 2.21. The minimum absolute atomic E-state index is 0.0528. The Kier molecular flexibility index (Phi) is 3.96. The summed E-state index contributed by atoms with van der Waals surface area (Å²) in [7, 11) is -3.59. The molecule has 17 heavy (non-hydrogen) atoms. The lowest BCUT2D eigenvalue weighted by Gasteiger charge is -2.11. The van der Waals surface area contributed by atoms with Crippen molar-refractivity contribution >= 4 is 21.8 Å². The second-order valence-corrected chi connectivity index (χ2v) is 7.10. The van der Waals surface area contributed by atoms with Crippen LogP contribution in [-0.2, 0) is 10.0 Å². The van der Waals surface area contributed by atoms with Crippen LogP contribution in [0.25, 0.3) is 0 Å². The van der Waals surface area contributed by atoms with Gasteiger partial charge in [0.1, 0.15) is 10.6 Å². The van der Waals surface area contributed by atoms with Crippen LogP contribution in [0.5, 0.6) is 5.75 Å². The van der Waals surface area contributed by atoms with Gasteiger partial charge in [0, 0.05) is 11.8 Å². The zero-order valence-corrected chi connectivity index (χ0v) is 10.9. The zero-order valence-electron chi connectivity index (χ0n) is 9.30. The van der Waals surface area contributed by atoms with Gasteiger partial charge in [0.2, 0.25) is 10.0 Å². The summed E-state index contributed by atoms with van der Waals surface area (Å²) in [4.78, 5) is -0.0528. The number of nitrogens with one attached hydrogen (secondary N) is 1. The average molecular weight is 273 g/mol. The number of thioether (sulfide) groups is 1. The lowest BCUT2D eigenvalue weighted by Crippen LogP contribution is -2.29. The number of sulfonamides is 1. The maximum absolute atomic E-state index is 11.9. The standard InChI is InChI=1S/C11H15NO3S2/c13-10-5-1-2-6-11(10)17(14,15)12-8-9-4-3-7-16-9/h1-2,5-6,9,12-13H,3-4,7-8H2. The number of benzene rings is 1. The Hall–Kier alpha value is -0.720. The first-order chi connectivity index (χ1) is 8.09. The van der Waals surface area contributed by atoms with Crippen LogP contribution in [0, 0.1) is 0 Å². The molecule has 1 fully saturated rings. The largest absolute Gasteiger partial charge is 0.507 e. The molecule has 1 atom stereocenters. The van der Waals surface area contributed by atoms with Crippen molar-refractivity contribution in [1.29, 1.82) is 0 Å². The van der Waals surface area contributed by atoms with Crippen LogP contribution < -0.4 is 4.72 Å². The van der Waals surface area contributed by atoms with Crippen LogP contribution in [0.2, 0.25) is 0 Å². The second kappa shape index (κ2) is 5.29. The number of aromatic hydroxyl groups is 1. The first-order valence-corrected chi connectivity index (χ1v) is 8.02. The molecule has 6 heteroatoms. The van der Waals surface area contributed by atoms with E-state index in [2.05, 4.69) is 4.72 Å². The lowest BCUT2D eigenvalue weighted by atomic mass is 10.2. The molecule has 0 aliphatic carbocycles. The predicted molar refractivity (Wildman–Crippen MR) is 68.8 cm³/mol. The summed E-state index contributed by atoms with van der Waals surface area (Å²) >= 11 is 1.79. The molecule has 1 saturated heterocycles. The molecule has 0 radical (unpaired) electrons. The number of phenolic OH excluding ortho intramolecular Hbond substituents is 1. The van der Waals surface area contributed by atoms with E-state index in [0.717, 1.165) is 18.6 Å². The Morgan fingerprint density at radius 2 is 2.18 bits per heavy atom. The van der Waals surface area contributed by atoms with E-state index in [1.54, 1.807) is 23.9 Å². The molecule has 0 amide bonds. The second-order valence-electron chi connectivity index (χ2n) is 3.95. The molecule has 1 heterocycles. The van der Waals surface area contributed by atoms with Crippen molar-refractivity contribution in [2.24, 2.45) is 0 Å². The van der Waals surface area contributed by atoms with Gasteiger partial charge in [0.15, 0.2) is 0 Å². The molecule has 2 rings (SSSR count). The third kappa shape index (κ3) is 3.14. The van der Waals surface area contributed by atoms with E-state index in [9.17, 15) is 13.5 Å². The smallest absolute Gasteiger partial charge is 0.244 e. The van der Waals surface area contributed by atoms with E-state index in [-0.39, 0.29) is 10.6 Å². The van der Waals surface area contributed by atoms with Crippen LogP contribution in [-0.4, -0.2) is 31.1 Å². The van der Waals surface area contributed by atoms with Crippen LogP contribution in [0.4, 0.5) is 0 Å². The van der Waals surface area contributed by atoms with E-state index >= 15 is 0 Å². The van der Waals surface area contributed by atoms with E-state index in [1.165, 1.54) is 12.1 Å². The van der Waals surface area contributed by atoms with Crippen molar-refractivity contribution in [2.45, 2.75) is 23.0 Å². The zero-order chi connectivity index (χ0) is 12.3. The van der Waals surface area contributed by atoms with Gasteiger partial charge in [-0.05, 0) is 30.7 Å². The number of para-hydroxylation sites is 1. The molecule has 94 valence electrons. The molecule has 1 unspecified atom stereocenters. The topological polar surface area (TPSA) is 66.4 Å². The molecule has 0 spiro atoms. The maximum atomic E-state index is 11.9. The first kappa shape index (κ1) is 12.7. The monoisotopic (exact) mass is 273 g/mol. The number of rotatable bonds is 4. The van der Waals surface area contributed by atoms with Crippen LogP contribution in [0.15, 0.2) is 29.2 Å². The summed E-state index contributed by atoms with van der Waals surface area (Å²) in [5, 5.41) is 9.87. The Labute approximate surface area is 105 Å². The summed E-state index contributed by atoms with van der Waals surface area (Å²) in [6.07, 6.45) is 2.20. The number of hydrogen-bond acceptors (Lipinski definition) is 4. The third-order valence-electron chi connectivity index (χ3n) is 2.68. The SMILES string of the molecule is O=S(=O)(NCC1CCCS1)c1ccccc1O. The van der Waals surface area contributed by atoms with E-state index < -0.39 is 10.0 Å². The summed E-state index contributed by atoms with van der Waals surface area (Å²) in [6.45, 7) is 0.432. The summed E-state index contributed by atoms with van der Waals surface area (Å²) in [5.41, 5.74) is 0. The van der Waals surface area contributed by atoms with Crippen molar-refractivity contribution in [1.82, 2.24) is 4.72 Å². The van der Waals surface area contributed by atoms with Crippen molar-refractivity contribution in [2.75, 3.05) is 12.3 Å². The van der Waals surface area contributed by atoms with Gasteiger partial charge in [-0.2, -0.15) is 11.8 Å². The van der Waals surface area contributed by atoms with Gasteiger partial charge >= 0.3 is 0 Å². The van der Waals surface area contributed by atoms with Crippen LogP contribution in [0.3, 0.4) is 0 Å². The molecule has 0 aromatic heterocycles. The molecule has 1 aromatic carbocycles. The Morgan fingerprint density at radius 3 is 2.82 bits per heavy atom. The van der Waals surface area contributed by atoms with Gasteiger partial charge in [-0.1, -0.05) is 12.1 Å². The fourth-order valence-electron chi connectivity index (χ4n) is 1.77. The Balaban J connectivity index is 2.06. The van der Waals surface area contributed by atoms with Crippen LogP contribution in [0.1, 0.15) is 12.8 Å². The van der Waals surface area contributed by atoms with Gasteiger partial charge in [-0.25, -0.2) is 13.1 Å². The first-order valence-electron chi connectivity index (χ1n) is 5.49. The fourth-order valence-corrected chi connectivity index (χ4v) is 4.25. The minimum atomic E-state index is -3.59. The Morgan fingerprint density at radius 1 is 1.41 bits per heavy atom. The number of phenols is 1. The summed E-state index contributed by atoms with van der Waals surface area (Å²) < 4.78 is 26.4. The van der Waals surface area contributed by atoms with E-state index in [0.29, 0.717) is 11.8 Å². The van der Waals surface area contributed by atoms with Gasteiger partial charge in [0.25, 0.3) is 0 Å². The van der Waals surface area contributed by atoms with E-state index in [4.69, 9.17) is 0 Å². The van der Waals surface area contributed by atoms with Crippen molar-refractivity contribution < 1.29 is 13.5 Å². The van der Waals surface area contributed by atoms with Gasteiger partial charge in [0.05, 0.1) is 0 Å². The Bertz CT molecular complexity index is 481. The summed E-state index contributed by atoms with van der Waals surface area (Å²) in [6, 6.07) is 5.97. The highest BCUT2D eigenvalue weighted by molar-refractivity contribution is 8.00. The normalized spacial score (nSPS) is 20.6. The highest BCUT2D eigenvalue weighted by atomic mass is 32.2. The summed E-state index contributed by atoms with van der Waals surface area (Å²) in [5.74, 6) is 0.891. The van der Waals surface area contributed by atoms with E-state index in [1.807, 2.05) is 0 Å². The average Bonchev–Trinajstić information content (AvgIpc) is 2.80. The maximum Gasteiger partial charge on any atom is 0.244 e. The molecule has 1 aromatic rings. The fraction of sp³-hybridized carbons (Fsp3) is 0.455. The van der Waals surface area contributed by atoms with Gasteiger partial charge in [-0.3, -0.25) is 0 Å². The minimum Gasteiger partial charge on any atom is -0.507 e. The molecule has 4 nitrogen and oxygen atoms in total. The van der Waals surface area contributed by atoms with Gasteiger partial charge < -0.3 is 5.11 Å². The molecular weight excluding hydrogens is 258 g/mol. The third-order valence-corrected chi connectivity index (χ3v) is 5.55. The lowest BCUT2D eigenvalue weighted by molar-refractivity contribution is 0.458. The molecule has 2 N–H and O–H groups in total. The highest BCUT2D eigenvalue weighted by Crippen LogP contribution is 2.26. The van der Waals surface area contributed by atoms with Crippen molar-refractivity contribution in [3.05, 3.63) is 24.3 Å².